The zero-order chi connectivity index (χ0) is 39.7. The normalized spacial score (nSPS) is 14.3. The SMILES string of the molecule is CCC(C)[C@H](NC(=O)[C@@H](NC(=O)[C@@H](CS)NC(=O)CCCCCCCCCCCN)C(C)C)C(=O)N[C@@H](CC(C)C)C(=O)O.O=C(O)C(F)(F)F. The van der Waals surface area contributed by atoms with Gasteiger partial charge in [0, 0.05) is 12.2 Å². The maximum absolute atomic E-state index is 13.4. The van der Waals surface area contributed by atoms with E-state index < -0.39 is 60.0 Å². The Morgan fingerprint density at radius 1 is 0.686 bits per heavy atom. The van der Waals surface area contributed by atoms with Gasteiger partial charge >= 0.3 is 18.1 Å². The van der Waals surface area contributed by atoms with Gasteiger partial charge in [-0.2, -0.15) is 25.8 Å². The van der Waals surface area contributed by atoms with Crippen LogP contribution >= 0.6 is 12.6 Å². The van der Waals surface area contributed by atoms with Crippen molar-refractivity contribution in [1.82, 2.24) is 21.3 Å². The second kappa shape index (κ2) is 27.6. The van der Waals surface area contributed by atoms with Crippen LogP contribution in [0, 0.1) is 17.8 Å². The molecule has 0 heterocycles. The summed E-state index contributed by atoms with van der Waals surface area (Å²) in [5.74, 6) is -6.35. The largest absolute Gasteiger partial charge is 0.490 e. The van der Waals surface area contributed by atoms with E-state index in [9.17, 15) is 42.3 Å². The molecule has 51 heavy (non-hydrogen) atoms. The van der Waals surface area contributed by atoms with Crippen molar-refractivity contribution in [1.29, 1.82) is 0 Å². The highest BCUT2D eigenvalue weighted by atomic mass is 32.1. The summed E-state index contributed by atoms with van der Waals surface area (Å²) < 4.78 is 31.7. The van der Waals surface area contributed by atoms with E-state index in [1.165, 1.54) is 25.7 Å². The first-order valence-electron chi connectivity index (χ1n) is 17.8. The number of amides is 4. The second-order valence-electron chi connectivity index (χ2n) is 13.5. The number of carboxylic acids is 2. The van der Waals surface area contributed by atoms with Crippen molar-refractivity contribution in [3.05, 3.63) is 0 Å². The summed E-state index contributed by atoms with van der Waals surface area (Å²) in [5, 5.41) is 27.4. The zero-order valence-corrected chi connectivity index (χ0v) is 31.8. The van der Waals surface area contributed by atoms with Gasteiger partial charge in [-0.1, -0.05) is 92.9 Å². The van der Waals surface area contributed by atoms with Gasteiger partial charge < -0.3 is 37.2 Å². The Kier molecular flexibility index (Phi) is 27.0. The summed E-state index contributed by atoms with van der Waals surface area (Å²) in [6, 6.07) is -3.98. The van der Waals surface area contributed by atoms with Crippen molar-refractivity contribution in [2.24, 2.45) is 23.5 Å². The van der Waals surface area contributed by atoms with E-state index in [0.717, 1.165) is 38.6 Å². The van der Waals surface area contributed by atoms with E-state index in [1.807, 2.05) is 20.8 Å². The number of hydrogen-bond donors (Lipinski definition) is 8. The highest BCUT2D eigenvalue weighted by Crippen LogP contribution is 2.14. The maximum Gasteiger partial charge on any atom is 0.490 e. The lowest BCUT2D eigenvalue weighted by molar-refractivity contribution is -0.192. The number of unbranched alkanes of at least 4 members (excludes halogenated alkanes) is 8. The molecule has 298 valence electrons. The van der Waals surface area contributed by atoms with Crippen LogP contribution in [-0.2, 0) is 28.8 Å². The Morgan fingerprint density at radius 2 is 1.14 bits per heavy atom. The van der Waals surface area contributed by atoms with Crippen LogP contribution in [0.5, 0.6) is 0 Å². The minimum absolute atomic E-state index is 0.0422. The highest BCUT2D eigenvalue weighted by molar-refractivity contribution is 7.80. The molecule has 0 aromatic rings. The molecule has 1 unspecified atom stereocenters. The topological polar surface area (TPSA) is 217 Å². The van der Waals surface area contributed by atoms with Crippen LogP contribution < -0.4 is 27.0 Å². The third-order valence-corrected chi connectivity index (χ3v) is 8.41. The van der Waals surface area contributed by atoms with Crippen molar-refractivity contribution >= 4 is 48.2 Å². The van der Waals surface area contributed by atoms with Crippen molar-refractivity contribution in [2.45, 2.75) is 149 Å². The number of nitrogens with two attached hydrogens (primary N) is 1. The molecular weight excluding hydrogens is 695 g/mol. The summed E-state index contributed by atoms with van der Waals surface area (Å²) >= 11 is 4.24. The minimum Gasteiger partial charge on any atom is -0.480 e. The summed E-state index contributed by atoms with van der Waals surface area (Å²) in [6.45, 7) is 11.7. The van der Waals surface area contributed by atoms with Gasteiger partial charge in [0.2, 0.25) is 23.6 Å². The molecule has 0 rings (SSSR count). The fourth-order valence-electron chi connectivity index (χ4n) is 4.82. The fraction of sp³-hybridized carbons (Fsp3) is 0.824. The number of hydrogen-bond acceptors (Lipinski definition) is 8. The molecule has 0 spiro atoms. The van der Waals surface area contributed by atoms with Crippen molar-refractivity contribution in [3.8, 4) is 0 Å². The first-order valence-corrected chi connectivity index (χ1v) is 18.4. The average molecular weight is 758 g/mol. The van der Waals surface area contributed by atoms with Crippen LogP contribution in [0.2, 0.25) is 0 Å². The molecular formula is C34H62F3N5O8S. The van der Waals surface area contributed by atoms with E-state index in [2.05, 4.69) is 33.9 Å². The number of nitrogens with one attached hydrogen (secondary N) is 4. The Morgan fingerprint density at radius 3 is 1.53 bits per heavy atom. The first kappa shape index (κ1) is 50.0. The molecule has 0 saturated carbocycles. The van der Waals surface area contributed by atoms with Crippen LogP contribution in [-0.4, -0.2) is 88.4 Å². The molecule has 0 aliphatic heterocycles. The highest BCUT2D eigenvalue weighted by Gasteiger charge is 2.38. The molecule has 8 N–H and O–H groups in total. The van der Waals surface area contributed by atoms with E-state index in [1.54, 1.807) is 20.8 Å². The van der Waals surface area contributed by atoms with Gasteiger partial charge in [-0.25, -0.2) is 9.59 Å². The van der Waals surface area contributed by atoms with Crippen molar-refractivity contribution in [2.75, 3.05) is 12.3 Å². The fourth-order valence-corrected chi connectivity index (χ4v) is 5.07. The lowest BCUT2D eigenvalue weighted by Gasteiger charge is -2.30. The molecule has 0 aliphatic carbocycles. The minimum atomic E-state index is -5.08. The maximum atomic E-state index is 13.4. The molecule has 0 fully saturated rings. The lowest BCUT2D eigenvalue weighted by Crippen LogP contribution is -2.60. The van der Waals surface area contributed by atoms with E-state index in [0.29, 0.717) is 12.8 Å². The standard InChI is InChI=1S/C32H61N5O6S.C2HF3O2/c1-7-23(6)28(31(41)35-24(32(42)43)19-21(2)3)37-30(40)27(22(4)5)36-29(39)25(20-44)34-26(38)17-15-13-11-9-8-10-12-14-16-18-33;3-2(4,5)1(6)7/h21-25,27-28,44H,7-20,33H2,1-6H3,(H,34,38)(H,35,41)(H,36,39)(H,37,40)(H,42,43);(H,6,7)/t23?,24-,25+,27-,28-;/m0./s1. The van der Waals surface area contributed by atoms with E-state index in [-0.39, 0.29) is 35.8 Å². The predicted octanol–water partition coefficient (Wildman–Crippen LogP) is 4.18. The number of aliphatic carboxylic acids is 2. The zero-order valence-electron chi connectivity index (χ0n) is 30.9. The van der Waals surface area contributed by atoms with Crippen LogP contribution in [0.1, 0.15) is 119 Å². The third kappa shape index (κ3) is 23.9. The van der Waals surface area contributed by atoms with Crippen LogP contribution in [0.3, 0.4) is 0 Å². The predicted molar refractivity (Wildman–Crippen MR) is 192 cm³/mol. The van der Waals surface area contributed by atoms with Crippen LogP contribution in [0.15, 0.2) is 0 Å². The number of carbonyl (C=O) groups excluding carboxylic acids is 4. The molecule has 0 radical (unpaired) electrons. The van der Waals surface area contributed by atoms with Gasteiger partial charge in [0.15, 0.2) is 0 Å². The van der Waals surface area contributed by atoms with Gasteiger partial charge in [-0.05, 0) is 43.6 Å². The van der Waals surface area contributed by atoms with E-state index >= 15 is 0 Å². The Bertz CT molecular complexity index is 1070. The number of thiol groups is 1. The first-order chi connectivity index (χ1) is 23.7. The molecule has 0 aliphatic rings. The number of rotatable bonds is 25. The number of carboxylic acid groups (broad SMARTS) is 2. The molecule has 13 nitrogen and oxygen atoms in total. The van der Waals surface area contributed by atoms with Crippen molar-refractivity contribution in [3.63, 3.8) is 0 Å². The molecule has 0 saturated heterocycles. The number of carbonyl (C=O) groups is 6. The summed E-state index contributed by atoms with van der Waals surface area (Å²) in [7, 11) is 0. The molecule has 0 aromatic carbocycles. The molecule has 0 bridgehead atoms. The monoisotopic (exact) mass is 757 g/mol. The van der Waals surface area contributed by atoms with Crippen molar-refractivity contribution < 1.29 is 52.2 Å². The summed E-state index contributed by atoms with van der Waals surface area (Å²) in [5.41, 5.74) is 5.52. The average Bonchev–Trinajstić information content (AvgIpc) is 3.04. The van der Waals surface area contributed by atoms with Crippen LogP contribution in [0.25, 0.3) is 0 Å². The Hall–Kier alpha value is -3.08. The Labute approximate surface area is 306 Å². The quantitative estimate of drug-likeness (QED) is 0.0494. The lowest BCUT2D eigenvalue weighted by atomic mass is 9.95. The third-order valence-electron chi connectivity index (χ3n) is 8.05. The van der Waals surface area contributed by atoms with Gasteiger partial charge in [0.05, 0.1) is 0 Å². The van der Waals surface area contributed by atoms with Crippen LogP contribution in [0.4, 0.5) is 13.2 Å². The number of alkyl halides is 3. The second-order valence-corrected chi connectivity index (χ2v) is 13.8. The molecule has 17 heteroatoms. The van der Waals surface area contributed by atoms with Gasteiger partial charge in [0.1, 0.15) is 24.2 Å². The summed E-state index contributed by atoms with van der Waals surface area (Å²) in [6.07, 6.45) is 5.79. The van der Waals surface area contributed by atoms with E-state index in [4.69, 9.17) is 15.6 Å². The smallest absolute Gasteiger partial charge is 0.480 e. The van der Waals surface area contributed by atoms with Gasteiger partial charge in [-0.3, -0.25) is 19.2 Å². The molecule has 0 aromatic heterocycles. The van der Waals surface area contributed by atoms with Gasteiger partial charge in [0.25, 0.3) is 0 Å². The molecule has 4 amide bonds. The van der Waals surface area contributed by atoms with Gasteiger partial charge in [-0.15, -0.1) is 0 Å². The molecule has 5 atom stereocenters. The number of halogens is 3. The Balaban J connectivity index is 0. The summed E-state index contributed by atoms with van der Waals surface area (Å²) in [4.78, 5) is 72.7.